The van der Waals surface area contributed by atoms with Gasteiger partial charge in [0, 0.05) is 0 Å². The highest BCUT2D eigenvalue weighted by atomic mass is 14.1. The zero-order valence-electron chi connectivity index (χ0n) is 11.1. The number of hydrogen-bond donors (Lipinski definition) is 0. The first-order chi connectivity index (χ1) is 9.40. The molecular weight excluding hydrogens is 228 g/mol. The minimum atomic E-state index is 1.02. The summed E-state index contributed by atoms with van der Waals surface area (Å²) in [6.07, 6.45) is 13.8. The lowest BCUT2D eigenvalue weighted by molar-refractivity contribution is 1.01. The van der Waals surface area contributed by atoms with Gasteiger partial charge in [-0.05, 0) is 46.7 Å². The number of allylic oxidation sites excluding steroid dienone is 4. The normalized spacial score (nSPS) is 13.3. The number of fused-ring (bicyclic) bond motifs is 3. The molecule has 19 heavy (non-hydrogen) atoms. The number of rotatable bonds is 3. The van der Waals surface area contributed by atoms with E-state index >= 15 is 0 Å². The Kier molecular flexibility index (Phi) is 3.33. The van der Waals surface area contributed by atoms with Gasteiger partial charge in [0.05, 0.1) is 0 Å². The summed E-state index contributed by atoms with van der Waals surface area (Å²) in [4.78, 5) is 0. The molecule has 0 nitrogen and oxygen atoms in total. The van der Waals surface area contributed by atoms with Gasteiger partial charge >= 0.3 is 0 Å². The van der Waals surface area contributed by atoms with Crippen LogP contribution in [0, 0.1) is 0 Å². The molecule has 1 aliphatic rings. The summed E-state index contributed by atoms with van der Waals surface area (Å²) >= 11 is 0. The van der Waals surface area contributed by atoms with E-state index in [4.69, 9.17) is 0 Å². The van der Waals surface area contributed by atoms with Crippen LogP contribution in [0.4, 0.5) is 0 Å². The van der Waals surface area contributed by atoms with Crippen molar-refractivity contribution < 1.29 is 0 Å². The Morgan fingerprint density at radius 3 is 2.95 bits per heavy atom. The highest BCUT2D eigenvalue weighted by Gasteiger charge is 2.09. The van der Waals surface area contributed by atoms with Crippen LogP contribution in [0.2, 0.25) is 0 Å². The standard InChI is InChI=1S/C19H18/c1-2-3-8-16-10-7-11-17-14-13-15-9-5-4-6-12-18(15)19(16)17/h2,4-7,9-11,13-14H,1,3,8,12H2. The Bertz CT molecular complexity index is 672. The van der Waals surface area contributed by atoms with Crippen molar-refractivity contribution in [1.29, 1.82) is 0 Å². The molecule has 3 rings (SSSR count). The summed E-state index contributed by atoms with van der Waals surface area (Å²) in [5, 5.41) is 2.79. The lowest BCUT2D eigenvalue weighted by Crippen LogP contribution is -1.94. The van der Waals surface area contributed by atoms with Crippen LogP contribution in [0.15, 0.2) is 61.2 Å². The zero-order chi connectivity index (χ0) is 13.1. The van der Waals surface area contributed by atoms with E-state index in [9.17, 15) is 0 Å². The summed E-state index contributed by atoms with van der Waals surface area (Å²) in [7, 11) is 0. The van der Waals surface area contributed by atoms with Gasteiger partial charge in [-0.2, -0.15) is 0 Å². The molecule has 0 spiro atoms. The summed E-state index contributed by atoms with van der Waals surface area (Å²) in [5.41, 5.74) is 4.25. The van der Waals surface area contributed by atoms with Gasteiger partial charge in [-0.1, -0.05) is 60.7 Å². The predicted octanol–water partition coefficient (Wildman–Crippen LogP) is 5.08. The Balaban J connectivity index is 2.24. The van der Waals surface area contributed by atoms with Crippen molar-refractivity contribution in [2.45, 2.75) is 19.3 Å². The maximum atomic E-state index is 3.84. The first kappa shape index (κ1) is 12.0. The van der Waals surface area contributed by atoms with E-state index < -0.39 is 0 Å². The van der Waals surface area contributed by atoms with Gasteiger partial charge < -0.3 is 0 Å². The molecule has 0 bridgehead atoms. The molecule has 0 aliphatic heterocycles. The molecule has 0 saturated carbocycles. The summed E-state index contributed by atoms with van der Waals surface area (Å²) in [6, 6.07) is 11.1. The van der Waals surface area contributed by atoms with E-state index in [2.05, 4.69) is 61.2 Å². The van der Waals surface area contributed by atoms with Crippen molar-refractivity contribution in [3.8, 4) is 0 Å². The van der Waals surface area contributed by atoms with Crippen molar-refractivity contribution in [1.82, 2.24) is 0 Å². The molecule has 2 aromatic carbocycles. The molecule has 0 aromatic heterocycles. The second kappa shape index (κ2) is 5.27. The van der Waals surface area contributed by atoms with Gasteiger partial charge in [-0.15, -0.1) is 6.58 Å². The molecule has 0 N–H and O–H groups in total. The third kappa shape index (κ3) is 2.26. The lowest BCUT2D eigenvalue weighted by Gasteiger charge is -2.13. The minimum absolute atomic E-state index is 1.02. The zero-order valence-corrected chi connectivity index (χ0v) is 11.1. The van der Waals surface area contributed by atoms with Crippen LogP contribution in [-0.4, -0.2) is 0 Å². The smallest absolute Gasteiger partial charge is 0.00821 e. The third-order valence-corrected chi connectivity index (χ3v) is 3.74. The van der Waals surface area contributed by atoms with Gasteiger partial charge in [0.1, 0.15) is 0 Å². The Morgan fingerprint density at radius 2 is 2.05 bits per heavy atom. The van der Waals surface area contributed by atoms with Crippen LogP contribution in [0.5, 0.6) is 0 Å². The number of benzene rings is 2. The number of aryl methyl sites for hydroxylation is 1. The fraction of sp³-hybridized carbons (Fsp3) is 0.158. The van der Waals surface area contributed by atoms with Crippen molar-refractivity contribution >= 4 is 16.8 Å². The van der Waals surface area contributed by atoms with Crippen LogP contribution >= 0.6 is 0 Å². The van der Waals surface area contributed by atoms with Crippen molar-refractivity contribution in [2.75, 3.05) is 0 Å². The van der Waals surface area contributed by atoms with Crippen molar-refractivity contribution in [2.24, 2.45) is 0 Å². The van der Waals surface area contributed by atoms with Gasteiger partial charge in [0.2, 0.25) is 0 Å². The maximum Gasteiger partial charge on any atom is -0.00821 e. The van der Waals surface area contributed by atoms with Gasteiger partial charge in [-0.25, -0.2) is 0 Å². The van der Waals surface area contributed by atoms with Gasteiger partial charge in [0.15, 0.2) is 0 Å². The average molecular weight is 246 g/mol. The maximum absolute atomic E-state index is 3.84. The van der Waals surface area contributed by atoms with Crippen LogP contribution in [0.25, 0.3) is 16.8 Å². The van der Waals surface area contributed by atoms with Crippen LogP contribution in [-0.2, 0) is 12.8 Å². The Morgan fingerprint density at radius 1 is 1.11 bits per heavy atom. The van der Waals surface area contributed by atoms with Gasteiger partial charge in [0.25, 0.3) is 0 Å². The van der Waals surface area contributed by atoms with Crippen LogP contribution in [0.1, 0.15) is 23.1 Å². The molecule has 94 valence electrons. The molecule has 0 unspecified atom stereocenters. The molecule has 0 saturated heterocycles. The molecule has 0 radical (unpaired) electrons. The van der Waals surface area contributed by atoms with E-state index in [0.29, 0.717) is 0 Å². The fourth-order valence-corrected chi connectivity index (χ4v) is 2.82. The summed E-state index contributed by atoms with van der Waals surface area (Å²) < 4.78 is 0. The second-order valence-corrected chi connectivity index (χ2v) is 4.97. The lowest BCUT2D eigenvalue weighted by atomic mass is 9.92. The molecular formula is C19H18. The highest BCUT2D eigenvalue weighted by molar-refractivity contribution is 5.92. The monoisotopic (exact) mass is 246 g/mol. The molecule has 0 heteroatoms. The molecule has 2 aromatic rings. The van der Waals surface area contributed by atoms with Crippen molar-refractivity contribution in [3.63, 3.8) is 0 Å². The SMILES string of the molecule is C=CCCc1cccc2ccc3c(c12)CC=CC=C3. The van der Waals surface area contributed by atoms with Gasteiger partial charge in [-0.3, -0.25) is 0 Å². The predicted molar refractivity (Wildman–Crippen MR) is 84.3 cm³/mol. The second-order valence-electron chi connectivity index (χ2n) is 4.97. The number of hydrogen-bond acceptors (Lipinski definition) is 0. The summed E-state index contributed by atoms with van der Waals surface area (Å²) in [5.74, 6) is 0. The third-order valence-electron chi connectivity index (χ3n) is 3.74. The summed E-state index contributed by atoms with van der Waals surface area (Å²) in [6.45, 7) is 3.84. The largest absolute Gasteiger partial charge is 0.103 e. The van der Waals surface area contributed by atoms with Crippen LogP contribution in [0.3, 0.4) is 0 Å². The van der Waals surface area contributed by atoms with Crippen LogP contribution < -0.4 is 0 Å². The van der Waals surface area contributed by atoms with E-state index in [1.165, 1.54) is 27.5 Å². The van der Waals surface area contributed by atoms with Crippen molar-refractivity contribution in [3.05, 3.63) is 77.9 Å². The van der Waals surface area contributed by atoms with E-state index in [-0.39, 0.29) is 0 Å². The minimum Gasteiger partial charge on any atom is -0.103 e. The molecule has 1 aliphatic carbocycles. The quantitative estimate of drug-likeness (QED) is 0.662. The molecule has 0 atom stereocenters. The molecule has 0 fully saturated rings. The van der Waals surface area contributed by atoms with E-state index in [0.717, 1.165) is 19.3 Å². The Hall–Kier alpha value is -2.08. The Labute approximate surface area is 114 Å². The first-order valence-electron chi connectivity index (χ1n) is 6.88. The highest BCUT2D eigenvalue weighted by Crippen LogP contribution is 2.29. The van der Waals surface area contributed by atoms with E-state index in [1.807, 2.05) is 6.08 Å². The fourth-order valence-electron chi connectivity index (χ4n) is 2.82. The van der Waals surface area contributed by atoms with E-state index in [1.54, 1.807) is 0 Å². The molecule has 0 heterocycles. The first-order valence-corrected chi connectivity index (χ1v) is 6.88. The average Bonchev–Trinajstić information content (AvgIpc) is 2.70. The molecule has 0 amide bonds. The topological polar surface area (TPSA) is 0 Å².